The molecule has 0 atom stereocenters. The topological polar surface area (TPSA) is 123 Å². The largest absolute Gasteiger partial charge is 0.496 e. The van der Waals surface area contributed by atoms with Gasteiger partial charge in [0.05, 0.1) is 47.6 Å². The number of benzene rings is 1. The Bertz CT molecular complexity index is 617. The van der Waals surface area contributed by atoms with E-state index in [2.05, 4.69) is 0 Å². The normalized spacial score (nSPS) is 15.0. The smallest absolute Gasteiger partial charge is 0.140 e. The molecule has 0 saturated heterocycles. The van der Waals surface area contributed by atoms with Gasteiger partial charge in [0.1, 0.15) is 28.8 Å². The van der Waals surface area contributed by atoms with Crippen LogP contribution in [0.15, 0.2) is 12.1 Å². The molecular formula is C20H30O8. The summed E-state index contributed by atoms with van der Waals surface area (Å²) in [7, 11) is 4.65. The van der Waals surface area contributed by atoms with E-state index in [0.29, 0.717) is 30.1 Å². The number of Topliss-reactive ketones (excluding diaryl/α,β-unsaturated/α-hetero) is 2. The quantitative estimate of drug-likeness (QED) is 0.584. The second-order valence-electron chi connectivity index (χ2n) is 7.09. The van der Waals surface area contributed by atoms with Gasteiger partial charge in [0, 0.05) is 41.9 Å². The van der Waals surface area contributed by atoms with Crippen molar-refractivity contribution in [3.63, 3.8) is 0 Å². The Kier molecular flexibility index (Phi) is 9.37. The number of carbonyl (C=O) groups is 2. The fourth-order valence-corrected chi connectivity index (χ4v) is 2.78. The first kappa shape index (κ1) is 23.9. The standard InChI is InChI=1S/C15H18O5.C5H12O3/c1-18-12-7-13(19-2)15(14(8-12)20-3)9-4-10(16)6-11(17)5-9;1-5(2-6,3-7)4-8/h7-9H,4-6H2,1-3H3;6-8H,2-4H2,1H3. The summed E-state index contributed by atoms with van der Waals surface area (Å²) < 4.78 is 15.9. The molecule has 0 bridgehead atoms. The van der Waals surface area contributed by atoms with Crippen LogP contribution in [0.1, 0.15) is 37.7 Å². The minimum absolute atomic E-state index is 0.0359. The Labute approximate surface area is 165 Å². The number of methoxy groups -OCH3 is 3. The highest BCUT2D eigenvalue weighted by atomic mass is 16.5. The van der Waals surface area contributed by atoms with Crippen molar-refractivity contribution in [2.75, 3.05) is 41.2 Å². The fourth-order valence-electron chi connectivity index (χ4n) is 2.78. The molecule has 1 aromatic rings. The van der Waals surface area contributed by atoms with Crippen LogP contribution in [0.5, 0.6) is 17.2 Å². The minimum atomic E-state index is -0.708. The molecule has 1 aliphatic rings. The van der Waals surface area contributed by atoms with Crippen LogP contribution in [-0.2, 0) is 9.59 Å². The zero-order chi connectivity index (χ0) is 21.3. The van der Waals surface area contributed by atoms with Crippen LogP contribution in [0.2, 0.25) is 0 Å². The molecule has 0 aliphatic heterocycles. The average molecular weight is 398 g/mol. The van der Waals surface area contributed by atoms with Crippen molar-refractivity contribution in [2.45, 2.75) is 32.1 Å². The summed E-state index contributed by atoms with van der Waals surface area (Å²) in [5, 5.41) is 25.4. The number of rotatable bonds is 7. The van der Waals surface area contributed by atoms with Crippen molar-refractivity contribution >= 4 is 11.6 Å². The zero-order valence-corrected chi connectivity index (χ0v) is 16.9. The number of aliphatic hydroxyl groups is 3. The van der Waals surface area contributed by atoms with E-state index < -0.39 is 5.41 Å². The molecule has 158 valence electrons. The highest BCUT2D eigenvalue weighted by Crippen LogP contribution is 2.43. The predicted octanol–water partition coefficient (Wildman–Crippen LogP) is 1.09. The molecule has 2 rings (SSSR count). The number of aliphatic hydroxyl groups excluding tert-OH is 3. The predicted molar refractivity (Wildman–Crippen MR) is 102 cm³/mol. The summed E-state index contributed by atoms with van der Waals surface area (Å²) in [5.41, 5.74) is 0.0530. The van der Waals surface area contributed by atoms with Crippen molar-refractivity contribution < 1.29 is 39.1 Å². The first-order valence-corrected chi connectivity index (χ1v) is 8.93. The van der Waals surface area contributed by atoms with Crippen molar-refractivity contribution in [1.29, 1.82) is 0 Å². The molecular weight excluding hydrogens is 368 g/mol. The lowest BCUT2D eigenvalue weighted by Gasteiger charge is -2.24. The summed E-state index contributed by atoms with van der Waals surface area (Å²) in [6.45, 7) is 1.06. The van der Waals surface area contributed by atoms with Crippen LogP contribution in [-0.4, -0.2) is 68.0 Å². The lowest BCUT2D eigenvalue weighted by atomic mass is 9.81. The van der Waals surface area contributed by atoms with E-state index in [-0.39, 0.29) is 43.7 Å². The number of hydrogen-bond acceptors (Lipinski definition) is 8. The number of carbonyl (C=O) groups excluding carboxylic acids is 2. The van der Waals surface area contributed by atoms with Crippen LogP contribution in [0.25, 0.3) is 0 Å². The van der Waals surface area contributed by atoms with Crippen LogP contribution in [0, 0.1) is 5.41 Å². The molecule has 8 heteroatoms. The van der Waals surface area contributed by atoms with Gasteiger partial charge in [-0.3, -0.25) is 9.59 Å². The number of hydrogen-bond donors (Lipinski definition) is 3. The summed E-state index contributed by atoms with van der Waals surface area (Å²) >= 11 is 0. The Balaban J connectivity index is 0.000000416. The lowest BCUT2D eigenvalue weighted by molar-refractivity contribution is -0.130. The molecule has 8 nitrogen and oxygen atoms in total. The van der Waals surface area contributed by atoms with Gasteiger partial charge >= 0.3 is 0 Å². The van der Waals surface area contributed by atoms with Gasteiger partial charge in [-0.1, -0.05) is 6.92 Å². The summed E-state index contributed by atoms with van der Waals surface area (Å²) in [6, 6.07) is 3.48. The maximum atomic E-state index is 11.7. The van der Waals surface area contributed by atoms with Gasteiger partial charge in [-0.2, -0.15) is 0 Å². The second-order valence-corrected chi connectivity index (χ2v) is 7.09. The molecule has 0 unspecified atom stereocenters. The maximum Gasteiger partial charge on any atom is 0.140 e. The monoisotopic (exact) mass is 398 g/mol. The summed E-state index contributed by atoms with van der Waals surface area (Å²) in [4.78, 5) is 23.3. The molecule has 1 fully saturated rings. The lowest BCUT2D eigenvalue weighted by Crippen LogP contribution is -2.29. The molecule has 0 aromatic heterocycles. The molecule has 0 amide bonds. The van der Waals surface area contributed by atoms with E-state index in [1.54, 1.807) is 40.4 Å². The first-order chi connectivity index (χ1) is 13.3. The van der Waals surface area contributed by atoms with E-state index in [4.69, 9.17) is 29.5 Å². The average Bonchev–Trinajstić information content (AvgIpc) is 2.71. The van der Waals surface area contributed by atoms with Gasteiger partial charge in [-0.05, 0) is 0 Å². The molecule has 0 radical (unpaired) electrons. The first-order valence-electron chi connectivity index (χ1n) is 8.93. The number of ether oxygens (including phenoxy) is 3. The summed E-state index contributed by atoms with van der Waals surface area (Å²) in [6.07, 6.45) is 0.715. The molecule has 1 aliphatic carbocycles. The van der Waals surface area contributed by atoms with Gasteiger partial charge < -0.3 is 29.5 Å². The van der Waals surface area contributed by atoms with E-state index >= 15 is 0 Å². The van der Waals surface area contributed by atoms with Crippen LogP contribution in [0.4, 0.5) is 0 Å². The van der Waals surface area contributed by atoms with Crippen molar-refractivity contribution in [2.24, 2.45) is 5.41 Å². The third-order valence-corrected chi connectivity index (χ3v) is 4.65. The van der Waals surface area contributed by atoms with Gasteiger partial charge in [0.2, 0.25) is 0 Å². The van der Waals surface area contributed by atoms with Crippen LogP contribution in [0.3, 0.4) is 0 Å². The third kappa shape index (κ3) is 6.19. The van der Waals surface area contributed by atoms with Gasteiger partial charge in [-0.15, -0.1) is 0 Å². The van der Waals surface area contributed by atoms with Gasteiger partial charge in [0.25, 0.3) is 0 Å². The van der Waals surface area contributed by atoms with E-state index in [0.717, 1.165) is 5.56 Å². The maximum absolute atomic E-state index is 11.7. The third-order valence-electron chi connectivity index (χ3n) is 4.65. The Morgan fingerprint density at radius 3 is 1.61 bits per heavy atom. The SMILES string of the molecule is CC(CO)(CO)CO.COc1cc(OC)c(C2CC(=O)CC(=O)C2)c(OC)c1. The fraction of sp³-hybridized carbons (Fsp3) is 0.600. The molecule has 3 N–H and O–H groups in total. The summed E-state index contributed by atoms with van der Waals surface area (Å²) in [5.74, 6) is 1.50. The highest BCUT2D eigenvalue weighted by molar-refractivity contribution is 6.02. The van der Waals surface area contributed by atoms with Gasteiger partial charge in [-0.25, -0.2) is 0 Å². The molecule has 0 spiro atoms. The molecule has 0 heterocycles. The Morgan fingerprint density at radius 1 is 0.893 bits per heavy atom. The second kappa shape index (κ2) is 11.0. The van der Waals surface area contributed by atoms with Crippen molar-refractivity contribution in [1.82, 2.24) is 0 Å². The van der Waals surface area contributed by atoms with Crippen molar-refractivity contribution in [3.8, 4) is 17.2 Å². The van der Waals surface area contributed by atoms with Gasteiger partial charge in [0.15, 0.2) is 0 Å². The molecule has 1 aromatic carbocycles. The number of ketones is 2. The van der Waals surface area contributed by atoms with Crippen LogP contribution < -0.4 is 14.2 Å². The molecule has 28 heavy (non-hydrogen) atoms. The van der Waals surface area contributed by atoms with E-state index in [9.17, 15) is 9.59 Å². The minimum Gasteiger partial charge on any atom is -0.496 e. The molecule has 1 saturated carbocycles. The Morgan fingerprint density at radius 2 is 1.32 bits per heavy atom. The Hall–Kier alpha value is -2.16. The van der Waals surface area contributed by atoms with Crippen LogP contribution >= 0.6 is 0 Å². The van der Waals surface area contributed by atoms with E-state index in [1.807, 2.05) is 0 Å². The highest BCUT2D eigenvalue weighted by Gasteiger charge is 2.31. The van der Waals surface area contributed by atoms with Crippen molar-refractivity contribution in [3.05, 3.63) is 17.7 Å². The zero-order valence-electron chi connectivity index (χ0n) is 16.9. The van der Waals surface area contributed by atoms with E-state index in [1.165, 1.54) is 0 Å².